The molecule has 1 aliphatic carbocycles. The molecular weight excluding hydrogens is 296 g/mol. The van der Waals surface area contributed by atoms with Gasteiger partial charge in [-0.2, -0.15) is 0 Å². The summed E-state index contributed by atoms with van der Waals surface area (Å²) in [5.41, 5.74) is 7.27. The summed E-state index contributed by atoms with van der Waals surface area (Å²) in [6.45, 7) is 3.73. The van der Waals surface area contributed by atoms with E-state index in [0.717, 1.165) is 25.8 Å². The maximum atomic E-state index is 13.0. The average molecular weight is 322 g/mol. The molecule has 0 radical (unpaired) electrons. The highest BCUT2D eigenvalue weighted by Gasteiger charge is 2.47. The van der Waals surface area contributed by atoms with E-state index in [2.05, 4.69) is 54.3 Å². The standard InChI is InChI=1S/C21H26N2O/c1-14-9-10-23(16(11-14)13-22)21(24)20-12-19(20)18-8-4-6-15-5-2-3-7-17(15)18/h2-8,14,16,19-20H,9-13,22H2,1H3. The van der Waals surface area contributed by atoms with Crippen LogP contribution in [0.5, 0.6) is 0 Å². The van der Waals surface area contributed by atoms with Crippen LogP contribution in [0, 0.1) is 11.8 Å². The Morgan fingerprint density at radius 2 is 1.96 bits per heavy atom. The number of rotatable bonds is 3. The number of amides is 1. The van der Waals surface area contributed by atoms with E-state index in [4.69, 9.17) is 5.73 Å². The Morgan fingerprint density at radius 1 is 1.17 bits per heavy atom. The van der Waals surface area contributed by atoms with Gasteiger partial charge in [-0.3, -0.25) is 4.79 Å². The Bertz CT molecular complexity index is 751. The molecule has 1 saturated heterocycles. The molecule has 0 aromatic heterocycles. The normalized spacial score (nSPS) is 29.7. The zero-order valence-corrected chi connectivity index (χ0v) is 14.3. The Labute approximate surface area is 143 Å². The minimum Gasteiger partial charge on any atom is -0.338 e. The van der Waals surface area contributed by atoms with Crippen molar-refractivity contribution in [2.45, 2.75) is 38.1 Å². The van der Waals surface area contributed by atoms with Crippen LogP contribution in [0.1, 0.15) is 37.7 Å². The van der Waals surface area contributed by atoms with Crippen molar-refractivity contribution in [2.75, 3.05) is 13.1 Å². The molecule has 2 aliphatic rings. The SMILES string of the molecule is CC1CCN(C(=O)C2CC2c2cccc3ccccc23)C(CN)C1. The number of carbonyl (C=O) groups is 1. The predicted molar refractivity (Wildman–Crippen MR) is 97.7 cm³/mol. The summed E-state index contributed by atoms with van der Waals surface area (Å²) in [5, 5.41) is 2.56. The number of nitrogens with two attached hydrogens (primary N) is 1. The number of hydrogen-bond acceptors (Lipinski definition) is 2. The lowest BCUT2D eigenvalue weighted by Gasteiger charge is -2.38. The van der Waals surface area contributed by atoms with Gasteiger partial charge in [0.25, 0.3) is 0 Å². The molecule has 0 spiro atoms. The van der Waals surface area contributed by atoms with E-state index >= 15 is 0 Å². The molecule has 1 aliphatic heterocycles. The number of hydrogen-bond donors (Lipinski definition) is 1. The Balaban J connectivity index is 1.54. The first-order chi connectivity index (χ1) is 11.7. The van der Waals surface area contributed by atoms with Crippen molar-refractivity contribution in [3.63, 3.8) is 0 Å². The second-order valence-corrected chi connectivity index (χ2v) is 7.57. The molecule has 3 heteroatoms. The monoisotopic (exact) mass is 322 g/mol. The van der Waals surface area contributed by atoms with Crippen molar-refractivity contribution in [1.82, 2.24) is 4.90 Å². The second kappa shape index (κ2) is 6.21. The highest BCUT2D eigenvalue weighted by Crippen LogP contribution is 2.50. The van der Waals surface area contributed by atoms with Crippen LogP contribution < -0.4 is 5.73 Å². The largest absolute Gasteiger partial charge is 0.338 e. The van der Waals surface area contributed by atoms with Gasteiger partial charge in [0.2, 0.25) is 5.91 Å². The summed E-state index contributed by atoms with van der Waals surface area (Å²) in [7, 11) is 0. The van der Waals surface area contributed by atoms with Crippen LogP contribution in [-0.4, -0.2) is 29.9 Å². The fourth-order valence-corrected chi connectivity index (χ4v) is 4.36. The van der Waals surface area contributed by atoms with E-state index < -0.39 is 0 Å². The number of nitrogens with zero attached hydrogens (tertiary/aromatic N) is 1. The molecule has 4 rings (SSSR count). The third-order valence-corrected chi connectivity index (χ3v) is 5.86. The van der Waals surface area contributed by atoms with Gasteiger partial charge < -0.3 is 10.6 Å². The molecule has 1 saturated carbocycles. The zero-order valence-electron chi connectivity index (χ0n) is 14.3. The highest BCUT2D eigenvalue weighted by atomic mass is 16.2. The van der Waals surface area contributed by atoms with Crippen LogP contribution >= 0.6 is 0 Å². The van der Waals surface area contributed by atoms with Gasteiger partial charge in [0, 0.05) is 25.0 Å². The fraction of sp³-hybridized carbons (Fsp3) is 0.476. The first-order valence-corrected chi connectivity index (χ1v) is 9.17. The van der Waals surface area contributed by atoms with Crippen LogP contribution in [0.25, 0.3) is 10.8 Å². The molecule has 4 atom stereocenters. The van der Waals surface area contributed by atoms with Gasteiger partial charge in [-0.05, 0) is 47.4 Å². The first-order valence-electron chi connectivity index (χ1n) is 9.17. The molecule has 2 aromatic rings. The van der Waals surface area contributed by atoms with Gasteiger partial charge in [0.15, 0.2) is 0 Å². The predicted octanol–water partition coefficient (Wildman–Crippen LogP) is 3.53. The van der Waals surface area contributed by atoms with Crippen molar-refractivity contribution in [3.05, 3.63) is 48.0 Å². The van der Waals surface area contributed by atoms with E-state index in [1.165, 1.54) is 16.3 Å². The smallest absolute Gasteiger partial charge is 0.226 e. The van der Waals surface area contributed by atoms with Crippen molar-refractivity contribution in [2.24, 2.45) is 17.6 Å². The van der Waals surface area contributed by atoms with E-state index in [1.54, 1.807) is 0 Å². The Kier molecular flexibility index (Phi) is 4.05. The summed E-state index contributed by atoms with van der Waals surface area (Å²) < 4.78 is 0. The molecule has 126 valence electrons. The fourth-order valence-electron chi connectivity index (χ4n) is 4.36. The summed E-state index contributed by atoms with van der Waals surface area (Å²) in [6, 6.07) is 15.2. The van der Waals surface area contributed by atoms with Crippen molar-refractivity contribution in [1.29, 1.82) is 0 Å². The van der Waals surface area contributed by atoms with Gasteiger partial charge in [-0.25, -0.2) is 0 Å². The van der Waals surface area contributed by atoms with Crippen LogP contribution in [0.15, 0.2) is 42.5 Å². The molecular formula is C21H26N2O. The van der Waals surface area contributed by atoms with Gasteiger partial charge in [-0.1, -0.05) is 49.4 Å². The lowest BCUT2D eigenvalue weighted by atomic mass is 9.92. The molecule has 3 nitrogen and oxygen atoms in total. The summed E-state index contributed by atoms with van der Waals surface area (Å²) in [6.07, 6.45) is 3.14. The van der Waals surface area contributed by atoms with Crippen LogP contribution in [0.3, 0.4) is 0 Å². The second-order valence-electron chi connectivity index (χ2n) is 7.57. The topological polar surface area (TPSA) is 46.3 Å². The molecule has 24 heavy (non-hydrogen) atoms. The summed E-state index contributed by atoms with van der Waals surface area (Å²) in [4.78, 5) is 15.1. The van der Waals surface area contributed by atoms with Gasteiger partial charge in [0.05, 0.1) is 0 Å². The third kappa shape index (κ3) is 2.71. The molecule has 4 unspecified atom stereocenters. The van der Waals surface area contributed by atoms with Gasteiger partial charge >= 0.3 is 0 Å². The Hall–Kier alpha value is -1.87. The Morgan fingerprint density at radius 3 is 2.79 bits per heavy atom. The van der Waals surface area contributed by atoms with E-state index in [1.807, 2.05) is 0 Å². The van der Waals surface area contributed by atoms with Gasteiger partial charge in [0.1, 0.15) is 0 Å². The number of carbonyl (C=O) groups excluding carboxylic acids is 1. The quantitative estimate of drug-likeness (QED) is 0.939. The average Bonchev–Trinajstić information content (AvgIpc) is 3.41. The summed E-state index contributed by atoms with van der Waals surface area (Å²) >= 11 is 0. The lowest BCUT2D eigenvalue weighted by Crippen LogP contribution is -2.49. The zero-order chi connectivity index (χ0) is 16.7. The molecule has 1 amide bonds. The minimum absolute atomic E-state index is 0.151. The lowest BCUT2D eigenvalue weighted by molar-refractivity contribution is -0.136. The number of piperidine rings is 1. The third-order valence-electron chi connectivity index (χ3n) is 5.86. The van der Waals surface area contributed by atoms with Crippen LogP contribution in [0.4, 0.5) is 0 Å². The van der Waals surface area contributed by atoms with Gasteiger partial charge in [-0.15, -0.1) is 0 Å². The van der Waals surface area contributed by atoms with Crippen LogP contribution in [-0.2, 0) is 4.79 Å². The van der Waals surface area contributed by atoms with Crippen molar-refractivity contribution in [3.8, 4) is 0 Å². The molecule has 0 bridgehead atoms. The highest BCUT2D eigenvalue weighted by molar-refractivity contribution is 5.89. The minimum atomic E-state index is 0.151. The molecule has 2 fully saturated rings. The summed E-state index contributed by atoms with van der Waals surface area (Å²) in [5.74, 6) is 1.53. The van der Waals surface area contributed by atoms with Crippen molar-refractivity contribution >= 4 is 16.7 Å². The maximum Gasteiger partial charge on any atom is 0.226 e. The molecule has 2 N–H and O–H groups in total. The molecule has 1 heterocycles. The van der Waals surface area contributed by atoms with Crippen molar-refractivity contribution < 1.29 is 4.79 Å². The molecule has 2 aromatic carbocycles. The number of likely N-dealkylation sites (tertiary alicyclic amines) is 1. The van der Waals surface area contributed by atoms with Crippen LogP contribution in [0.2, 0.25) is 0 Å². The van der Waals surface area contributed by atoms with E-state index in [-0.39, 0.29) is 12.0 Å². The number of benzene rings is 2. The maximum absolute atomic E-state index is 13.0. The number of fused-ring (bicyclic) bond motifs is 1. The van der Waals surface area contributed by atoms with E-state index in [0.29, 0.717) is 24.3 Å². The van der Waals surface area contributed by atoms with E-state index in [9.17, 15) is 4.79 Å². The first kappa shape index (κ1) is 15.6.